The molecule has 5 nitrogen and oxygen atoms in total. The van der Waals surface area contributed by atoms with Crippen LogP contribution in [0.2, 0.25) is 5.02 Å². The van der Waals surface area contributed by atoms with E-state index in [1.807, 2.05) is 52.8 Å². The van der Waals surface area contributed by atoms with Crippen molar-refractivity contribution < 1.29 is 4.74 Å². The molecule has 0 spiro atoms. The Morgan fingerprint density at radius 1 is 1.21 bits per heavy atom. The van der Waals surface area contributed by atoms with Gasteiger partial charge >= 0.3 is 0 Å². The normalized spacial score (nSPS) is 12.3. The molecule has 0 unspecified atom stereocenters. The minimum Gasteiger partial charge on any atom is -0.489 e. The molecule has 0 aliphatic carbocycles. The van der Waals surface area contributed by atoms with Crippen molar-refractivity contribution in [2.24, 2.45) is 5.10 Å². The summed E-state index contributed by atoms with van der Waals surface area (Å²) in [5.74, 6) is 1.20. The molecule has 0 saturated heterocycles. The van der Waals surface area contributed by atoms with Gasteiger partial charge in [-0.1, -0.05) is 48.3 Å². The smallest absolute Gasteiger partial charge is 0.282 e. The first-order valence-electron chi connectivity index (χ1n) is 9.29. The molecule has 1 aromatic heterocycles. The van der Waals surface area contributed by atoms with Crippen LogP contribution in [0, 0.1) is 0 Å². The second-order valence-electron chi connectivity index (χ2n) is 8.06. The summed E-state index contributed by atoms with van der Waals surface area (Å²) in [7, 11) is 0. The topological polar surface area (TPSA) is 56.5 Å². The first kappa shape index (κ1) is 21.5. The van der Waals surface area contributed by atoms with Crippen molar-refractivity contribution in [3.05, 3.63) is 67.6 Å². The van der Waals surface area contributed by atoms with Crippen LogP contribution in [0.15, 0.2) is 50.8 Å². The van der Waals surface area contributed by atoms with Gasteiger partial charge in [-0.2, -0.15) is 9.78 Å². The molecule has 0 aliphatic heterocycles. The molecule has 0 aliphatic rings. The first-order valence-corrected chi connectivity index (χ1v) is 10.5. The Bertz CT molecular complexity index is 1150. The number of hydrogen-bond donors (Lipinski definition) is 0. The van der Waals surface area contributed by atoms with Crippen LogP contribution in [0.3, 0.4) is 0 Å². The van der Waals surface area contributed by atoms with E-state index in [-0.39, 0.29) is 17.1 Å². The van der Waals surface area contributed by atoms with Crippen LogP contribution >= 0.6 is 27.5 Å². The van der Waals surface area contributed by atoms with E-state index in [0.29, 0.717) is 27.5 Å². The van der Waals surface area contributed by atoms with Gasteiger partial charge in [-0.3, -0.25) is 4.79 Å². The lowest BCUT2D eigenvalue weighted by molar-refractivity contribution is 0.242. The van der Waals surface area contributed by atoms with Crippen LogP contribution in [-0.4, -0.2) is 22.0 Å². The zero-order valence-corrected chi connectivity index (χ0v) is 19.4. The van der Waals surface area contributed by atoms with Gasteiger partial charge in [0.15, 0.2) is 0 Å². The molecule has 29 heavy (non-hydrogen) atoms. The minimum absolute atomic E-state index is 0.0305. The summed E-state index contributed by atoms with van der Waals surface area (Å²) in [5.41, 5.74) is 0.813. The van der Waals surface area contributed by atoms with Crippen LogP contribution in [0.1, 0.15) is 46.0 Å². The molecule has 0 saturated carbocycles. The average Bonchev–Trinajstić information content (AvgIpc) is 2.62. The van der Waals surface area contributed by atoms with E-state index < -0.39 is 0 Å². The zero-order chi connectivity index (χ0) is 21.3. The van der Waals surface area contributed by atoms with E-state index in [2.05, 4.69) is 21.0 Å². The van der Waals surface area contributed by atoms with Gasteiger partial charge in [-0.25, -0.2) is 4.98 Å². The maximum absolute atomic E-state index is 13.2. The summed E-state index contributed by atoms with van der Waals surface area (Å²) in [6.45, 7) is 9.88. The highest BCUT2D eigenvalue weighted by molar-refractivity contribution is 9.10. The molecule has 7 heteroatoms. The molecule has 152 valence electrons. The van der Waals surface area contributed by atoms with Crippen molar-refractivity contribution in [1.82, 2.24) is 9.66 Å². The highest BCUT2D eigenvalue weighted by Gasteiger charge is 2.22. The van der Waals surface area contributed by atoms with Crippen LogP contribution in [0.25, 0.3) is 10.9 Å². The lowest BCUT2D eigenvalue weighted by atomic mass is 9.95. The number of aromatic nitrogens is 2. The molecule has 3 aromatic rings. The van der Waals surface area contributed by atoms with Gasteiger partial charge in [0.25, 0.3) is 5.56 Å². The Labute approximate surface area is 183 Å². The summed E-state index contributed by atoms with van der Waals surface area (Å²) in [6.07, 6.45) is 1.63. The summed E-state index contributed by atoms with van der Waals surface area (Å²) in [5, 5.41) is 5.45. The van der Waals surface area contributed by atoms with E-state index in [1.165, 1.54) is 4.68 Å². The first-order chi connectivity index (χ1) is 13.6. The van der Waals surface area contributed by atoms with E-state index in [4.69, 9.17) is 21.3 Å². The predicted molar refractivity (Wildman–Crippen MR) is 123 cm³/mol. The molecule has 0 N–H and O–H groups in total. The van der Waals surface area contributed by atoms with Crippen molar-refractivity contribution in [1.29, 1.82) is 0 Å². The van der Waals surface area contributed by atoms with Crippen molar-refractivity contribution >= 4 is 44.6 Å². The van der Waals surface area contributed by atoms with Crippen molar-refractivity contribution in [2.75, 3.05) is 0 Å². The third-order valence-corrected chi connectivity index (χ3v) is 4.91. The Kier molecular flexibility index (Phi) is 6.15. The Morgan fingerprint density at radius 3 is 2.55 bits per heavy atom. The molecular weight excluding hydrogens is 454 g/mol. The lowest BCUT2D eigenvalue weighted by Gasteiger charge is -2.20. The molecule has 0 bridgehead atoms. The Morgan fingerprint density at radius 2 is 1.93 bits per heavy atom. The van der Waals surface area contributed by atoms with E-state index in [0.717, 1.165) is 10.0 Å². The minimum atomic E-state index is -0.371. The second-order valence-corrected chi connectivity index (χ2v) is 9.39. The fourth-order valence-electron chi connectivity index (χ4n) is 2.81. The predicted octanol–water partition coefficient (Wildman–Crippen LogP) is 5.78. The number of hydrogen-bond acceptors (Lipinski definition) is 4. The maximum atomic E-state index is 13.2. The number of nitrogens with zero attached hydrogens (tertiary/aromatic N) is 3. The van der Waals surface area contributed by atoms with E-state index in [9.17, 15) is 4.79 Å². The Balaban J connectivity index is 2.10. The fourth-order valence-corrected chi connectivity index (χ4v) is 3.41. The van der Waals surface area contributed by atoms with Gasteiger partial charge in [0.1, 0.15) is 11.6 Å². The van der Waals surface area contributed by atoms with Crippen LogP contribution in [0.4, 0.5) is 0 Å². The number of halogens is 2. The molecule has 1 heterocycles. The van der Waals surface area contributed by atoms with Crippen LogP contribution in [-0.2, 0) is 5.41 Å². The number of ether oxygens (including phenoxy) is 1. The van der Waals surface area contributed by atoms with E-state index in [1.54, 1.807) is 24.4 Å². The molecule has 2 aromatic carbocycles. The summed E-state index contributed by atoms with van der Waals surface area (Å²) >= 11 is 9.73. The third-order valence-electron chi connectivity index (χ3n) is 4.12. The zero-order valence-electron chi connectivity index (χ0n) is 17.0. The van der Waals surface area contributed by atoms with Gasteiger partial charge in [-0.15, -0.1) is 0 Å². The molecule has 0 atom stereocenters. The van der Waals surface area contributed by atoms with Gasteiger partial charge < -0.3 is 4.74 Å². The van der Waals surface area contributed by atoms with Crippen LogP contribution in [0.5, 0.6) is 5.75 Å². The van der Waals surface area contributed by atoms with E-state index >= 15 is 0 Å². The number of rotatable bonds is 4. The lowest BCUT2D eigenvalue weighted by Crippen LogP contribution is -2.29. The van der Waals surface area contributed by atoms with Crippen molar-refractivity contribution in [2.45, 2.75) is 46.1 Å². The largest absolute Gasteiger partial charge is 0.489 e. The summed E-state index contributed by atoms with van der Waals surface area (Å²) in [6, 6.07) is 10.9. The fraction of sp³-hybridized carbons (Fsp3) is 0.318. The molecule has 0 amide bonds. The average molecular weight is 477 g/mol. The molecular formula is C22H23BrClN3O2. The molecule has 3 rings (SSSR count). The second kappa shape index (κ2) is 8.28. The Hall–Kier alpha value is -2.18. The standard InChI is InChI=1S/C22H23BrClN3O2/c1-13(2)29-19-9-6-14(10-17(19)24)12-25-27-20(28)16-11-15(23)7-8-18(16)26-21(27)22(3,4)5/h6-13H,1-5H3. The van der Waals surface area contributed by atoms with Gasteiger partial charge in [0.05, 0.1) is 28.2 Å². The van der Waals surface area contributed by atoms with Crippen molar-refractivity contribution in [3.8, 4) is 5.75 Å². The van der Waals surface area contributed by atoms with Gasteiger partial charge in [-0.05, 0) is 55.8 Å². The molecule has 0 radical (unpaired) electrons. The summed E-state index contributed by atoms with van der Waals surface area (Å²) in [4.78, 5) is 17.9. The van der Waals surface area contributed by atoms with Gasteiger partial charge in [0.2, 0.25) is 0 Å². The monoisotopic (exact) mass is 475 g/mol. The SMILES string of the molecule is CC(C)Oc1ccc(C=Nn2c(C(C)(C)C)nc3ccc(Br)cc3c2=O)cc1Cl. The third kappa shape index (κ3) is 4.87. The number of benzene rings is 2. The van der Waals surface area contributed by atoms with Crippen LogP contribution < -0.4 is 10.3 Å². The highest BCUT2D eigenvalue weighted by atomic mass is 79.9. The quantitative estimate of drug-likeness (QED) is 0.449. The highest BCUT2D eigenvalue weighted by Crippen LogP contribution is 2.26. The maximum Gasteiger partial charge on any atom is 0.282 e. The van der Waals surface area contributed by atoms with Crippen molar-refractivity contribution in [3.63, 3.8) is 0 Å². The number of fused-ring (bicyclic) bond motifs is 1. The summed E-state index contributed by atoms with van der Waals surface area (Å²) < 4.78 is 7.84. The van der Waals surface area contributed by atoms with Gasteiger partial charge in [0, 0.05) is 9.89 Å². The molecule has 0 fully saturated rings.